The normalized spacial score (nSPS) is 11.8. The molecule has 0 saturated carbocycles. The summed E-state index contributed by atoms with van der Waals surface area (Å²) in [7, 11) is 0. The van der Waals surface area contributed by atoms with E-state index in [1.54, 1.807) is 0 Å². The van der Waals surface area contributed by atoms with Gasteiger partial charge in [0.15, 0.2) is 6.29 Å². The second-order valence-electron chi connectivity index (χ2n) is 9.73. The molecule has 0 fully saturated rings. The fourth-order valence-electron chi connectivity index (χ4n) is 4.26. The summed E-state index contributed by atoms with van der Waals surface area (Å²) in [6.45, 7) is 11.2. The highest BCUT2D eigenvalue weighted by molar-refractivity contribution is 5.87. The van der Waals surface area contributed by atoms with E-state index in [-0.39, 0.29) is 24.4 Å². The van der Waals surface area contributed by atoms with Crippen LogP contribution in [0.15, 0.2) is 60.7 Å². The minimum Gasteiger partial charge on any atom is -0.462 e. The molecule has 0 amide bonds. The van der Waals surface area contributed by atoms with Gasteiger partial charge in [-0.25, -0.2) is 4.79 Å². The second kappa shape index (κ2) is 16.9. The summed E-state index contributed by atoms with van der Waals surface area (Å²) >= 11 is 0. The Morgan fingerprint density at radius 2 is 1.66 bits per heavy atom. The number of aliphatic hydroxyl groups is 3. The Hall–Kier alpha value is -2.77. The Balaban J connectivity index is 2.14. The van der Waals surface area contributed by atoms with E-state index in [0.29, 0.717) is 19.4 Å². The fourth-order valence-corrected chi connectivity index (χ4v) is 4.26. The molecule has 38 heavy (non-hydrogen) atoms. The number of aryl methyl sites for hydroxylation is 2. The van der Waals surface area contributed by atoms with Crippen molar-refractivity contribution in [2.75, 3.05) is 26.4 Å². The van der Waals surface area contributed by atoms with Crippen LogP contribution in [0.3, 0.4) is 0 Å². The molecule has 0 heterocycles. The van der Waals surface area contributed by atoms with E-state index in [0.717, 1.165) is 35.1 Å². The third-order valence-corrected chi connectivity index (χ3v) is 6.68. The Bertz CT molecular complexity index is 1060. The highest BCUT2D eigenvalue weighted by Crippen LogP contribution is 2.29. The summed E-state index contributed by atoms with van der Waals surface area (Å²) in [6, 6.07) is 12.9. The van der Waals surface area contributed by atoms with Crippen molar-refractivity contribution in [3.63, 3.8) is 0 Å². The van der Waals surface area contributed by atoms with Gasteiger partial charge in [0.1, 0.15) is 0 Å². The molecule has 6 heteroatoms. The molecule has 0 bridgehead atoms. The van der Waals surface area contributed by atoms with Crippen LogP contribution in [-0.2, 0) is 33.5 Å². The van der Waals surface area contributed by atoms with Gasteiger partial charge < -0.3 is 24.8 Å². The first-order valence-electron chi connectivity index (χ1n) is 13.6. The third kappa shape index (κ3) is 10.2. The lowest BCUT2D eigenvalue weighted by Gasteiger charge is -2.16. The van der Waals surface area contributed by atoms with Crippen LogP contribution in [0.25, 0.3) is 11.1 Å². The van der Waals surface area contributed by atoms with Crippen LogP contribution in [0.5, 0.6) is 0 Å². The minimum absolute atomic E-state index is 0.0605. The number of benzene rings is 2. The molecule has 208 valence electrons. The molecule has 2 aromatic carbocycles. The van der Waals surface area contributed by atoms with Gasteiger partial charge in [-0.1, -0.05) is 82.2 Å². The Kier molecular flexibility index (Phi) is 14.0. The lowest BCUT2D eigenvalue weighted by atomic mass is 9.91. The van der Waals surface area contributed by atoms with E-state index in [1.807, 2.05) is 0 Å². The minimum atomic E-state index is -1.16. The standard InChI is InChI=1S/C32H44O6/c1-5-6-7-8-9-10-28-20-26(15-17-37-31(35)24(3)21-33)11-14-30(28)29-13-12-27(23(2)19-29)16-18-38-32(36)25(4)22-34/h11-14,19-20,32-34,36H,3-10,15-18,21-22H2,1-2H3. The van der Waals surface area contributed by atoms with Gasteiger partial charge in [-0.3, -0.25) is 0 Å². The number of unbranched alkanes of at least 4 members (excludes halogenated alkanes) is 4. The Morgan fingerprint density at radius 3 is 2.34 bits per heavy atom. The summed E-state index contributed by atoms with van der Waals surface area (Å²) in [5.74, 6) is -0.561. The molecule has 0 radical (unpaired) electrons. The van der Waals surface area contributed by atoms with Gasteiger partial charge >= 0.3 is 5.97 Å². The maximum absolute atomic E-state index is 11.8. The van der Waals surface area contributed by atoms with E-state index < -0.39 is 18.9 Å². The summed E-state index contributed by atoms with van der Waals surface area (Å²) in [5.41, 5.74) is 7.34. The van der Waals surface area contributed by atoms with Crippen molar-refractivity contribution in [3.05, 3.63) is 83.0 Å². The average molecular weight is 525 g/mol. The second-order valence-corrected chi connectivity index (χ2v) is 9.73. The summed E-state index contributed by atoms with van der Waals surface area (Å²) < 4.78 is 10.6. The lowest BCUT2D eigenvalue weighted by molar-refractivity contribution is -0.139. The highest BCUT2D eigenvalue weighted by atomic mass is 16.6. The number of carbonyl (C=O) groups is 1. The number of esters is 1. The van der Waals surface area contributed by atoms with Crippen LogP contribution in [0.2, 0.25) is 0 Å². The molecule has 6 nitrogen and oxygen atoms in total. The van der Waals surface area contributed by atoms with E-state index in [1.165, 1.54) is 36.8 Å². The molecule has 0 aromatic heterocycles. The summed E-state index contributed by atoms with van der Waals surface area (Å²) in [5, 5.41) is 27.9. The molecule has 2 rings (SSSR count). The highest BCUT2D eigenvalue weighted by Gasteiger charge is 2.12. The molecule has 0 saturated heterocycles. The molecule has 0 spiro atoms. The topological polar surface area (TPSA) is 96.2 Å². The van der Waals surface area contributed by atoms with Crippen LogP contribution >= 0.6 is 0 Å². The average Bonchev–Trinajstić information content (AvgIpc) is 2.92. The van der Waals surface area contributed by atoms with Gasteiger partial charge in [-0.15, -0.1) is 0 Å². The van der Waals surface area contributed by atoms with E-state index in [9.17, 15) is 9.90 Å². The number of ether oxygens (including phenoxy) is 2. The maximum atomic E-state index is 11.8. The van der Waals surface area contributed by atoms with Gasteiger partial charge in [-0.2, -0.15) is 0 Å². The zero-order valence-electron chi connectivity index (χ0n) is 23.0. The lowest BCUT2D eigenvalue weighted by Crippen LogP contribution is -2.18. The predicted octanol–water partition coefficient (Wildman–Crippen LogP) is 5.24. The summed E-state index contributed by atoms with van der Waals surface area (Å²) in [4.78, 5) is 11.8. The summed E-state index contributed by atoms with van der Waals surface area (Å²) in [6.07, 6.45) is 7.10. The van der Waals surface area contributed by atoms with Gasteiger partial charge in [0, 0.05) is 12.0 Å². The monoisotopic (exact) mass is 524 g/mol. The molecular formula is C32H44O6. The molecule has 0 aliphatic heterocycles. The zero-order valence-corrected chi connectivity index (χ0v) is 23.0. The van der Waals surface area contributed by atoms with E-state index in [2.05, 4.69) is 63.4 Å². The fraction of sp³-hybridized carbons (Fsp3) is 0.469. The van der Waals surface area contributed by atoms with Crippen LogP contribution < -0.4 is 0 Å². The molecule has 3 N–H and O–H groups in total. The largest absolute Gasteiger partial charge is 0.462 e. The third-order valence-electron chi connectivity index (χ3n) is 6.68. The molecule has 2 aromatic rings. The Labute approximate surface area is 227 Å². The number of hydrogen-bond acceptors (Lipinski definition) is 6. The molecule has 1 atom stereocenters. The Morgan fingerprint density at radius 1 is 0.895 bits per heavy atom. The van der Waals surface area contributed by atoms with Gasteiger partial charge in [0.05, 0.1) is 32.0 Å². The maximum Gasteiger partial charge on any atom is 0.335 e. The molecular weight excluding hydrogens is 480 g/mol. The van der Waals surface area contributed by atoms with Crippen molar-refractivity contribution in [3.8, 4) is 11.1 Å². The zero-order chi connectivity index (χ0) is 27.9. The van der Waals surface area contributed by atoms with Gasteiger partial charge in [-0.05, 0) is 59.6 Å². The smallest absolute Gasteiger partial charge is 0.335 e. The van der Waals surface area contributed by atoms with E-state index in [4.69, 9.17) is 19.7 Å². The van der Waals surface area contributed by atoms with E-state index >= 15 is 0 Å². The number of aliphatic hydroxyl groups excluding tert-OH is 3. The number of carbonyl (C=O) groups excluding carboxylic acids is 1. The molecule has 0 aliphatic carbocycles. The number of hydrogen-bond donors (Lipinski definition) is 3. The van der Waals surface area contributed by atoms with Crippen molar-refractivity contribution in [1.82, 2.24) is 0 Å². The number of rotatable bonds is 18. The predicted molar refractivity (Wildman–Crippen MR) is 152 cm³/mol. The quantitative estimate of drug-likeness (QED) is 0.0812. The van der Waals surface area contributed by atoms with Crippen molar-refractivity contribution < 1.29 is 29.6 Å². The SMILES string of the molecule is C=C(CO)C(=O)OCCc1ccc(-c2ccc(CCOC(O)C(=C)CO)c(C)c2)c(CCCCCCC)c1. The molecule has 0 aliphatic rings. The first-order chi connectivity index (χ1) is 18.3. The van der Waals surface area contributed by atoms with Crippen molar-refractivity contribution in [2.24, 2.45) is 0 Å². The molecule has 1 unspecified atom stereocenters. The van der Waals surface area contributed by atoms with Gasteiger partial charge in [0.2, 0.25) is 0 Å². The van der Waals surface area contributed by atoms with Crippen molar-refractivity contribution in [2.45, 2.75) is 71.5 Å². The van der Waals surface area contributed by atoms with Crippen LogP contribution in [0.1, 0.15) is 61.3 Å². The first kappa shape index (κ1) is 31.4. The van der Waals surface area contributed by atoms with Crippen molar-refractivity contribution >= 4 is 5.97 Å². The van der Waals surface area contributed by atoms with Crippen LogP contribution in [0, 0.1) is 6.92 Å². The van der Waals surface area contributed by atoms with Crippen molar-refractivity contribution in [1.29, 1.82) is 0 Å². The van der Waals surface area contributed by atoms with Crippen LogP contribution in [0.4, 0.5) is 0 Å². The van der Waals surface area contributed by atoms with Crippen LogP contribution in [-0.4, -0.2) is 54.0 Å². The van der Waals surface area contributed by atoms with Gasteiger partial charge in [0.25, 0.3) is 0 Å². The first-order valence-corrected chi connectivity index (χ1v) is 13.6.